The number of aromatic amines is 1. The summed E-state index contributed by atoms with van der Waals surface area (Å²) >= 11 is 0. The van der Waals surface area contributed by atoms with Crippen LogP contribution in [-0.4, -0.2) is 103 Å². The van der Waals surface area contributed by atoms with Crippen LogP contribution in [0.4, 0.5) is 5.82 Å². The molecule has 19 heteroatoms. The molecular formula is C47H52N8O11. The van der Waals surface area contributed by atoms with Crippen LogP contribution in [0.15, 0.2) is 107 Å². The largest absolute Gasteiger partial charge is 0.497 e. The maximum atomic E-state index is 14.1. The lowest BCUT2D eigenvalue weighted by atomic mass is 9.80. The summed E-state index contributed by atoms with van der Waals surface area (Å²) < 4.78 is 54.3. The number of aromatic nitrogens is 6. The lowest BCUT2D eigenvalue weighted by Crippen LogP contribution is -2.41. The van der Waals surface area contributed by atoms with Gasteiger partial charge in [-0.15, -0.1) is 0 Å². The summed E-state index contributed by atoms with van der Waals surface area (Å²) in [5.74, 6) is -0.607. The number of nitrogens with two attached hydrogens (primary N) is 1. The monoisotopic (exact) mass is 904 g/mol. The lowest BCUT2D eigenvalue weighted by Gasteiger charge is -2.36. The van der Waals surface area contributed by atoms with Gasteiger partial charge in [0.1, 0.15) is 60.1 Å². The number of nitrogens with zero attached hydrogens (tertiary/aromatic N) is 5. The van der Waals surface area contributed by atoms with Crippen LogP contribution in [0, 0.1) is 0 Å². The summed E-state index contributed by atoms with van der Waals surface area (Å²) in [7, 11) is 1.61. The second kappa shape index (κ2) is 17.1. The Morgan fingerprint density at radius 1 is 0.788 bits per heavy atom. The van der Waals surface area contributed by atoms with Crippen LogP contribution >= 0.6 is 0 Å². The van der Waals surface area contributed by atoms with Gasteiger partial charge in [0.25, 0.3) is 5.56 Å². The van der Waals surface area contributed by atoms with Gasteiger partial charge in [0.15, 0.2) is 41.0 Å². The number of hydrogen-bond donors (Lipinski definition) is 4. The Morgan fingerprint density at radius 3 is 1.98 bits per heavy atom. The predicted octanol–water partition coefficient (Wildman–Crippen LogP) is 3.39. The van der Waals surface area contributed by atoms with Gasteiger partial charge in [-0.05, 0) is 56.5 Å². The third-order valence-corrected chi connectivity index (χ3v) is 12.5. The van der Waals surface area contributed by atoms with Crippen molar-refractivity contribution in [1.82, 2.24) is 34.4 Å². The minimum Gasteiger partial charge on any atom is -0.497 e. The average molecular weight is 905 g/mol. The highest BCUT2D eigenvalue weighted by atomic mass is 16.8. The molecule has 0 spiro atoms. The molecule has 346 valence electrons. The van der Waals surface area contributed by atoms with Crippen molar-refractivity contribution in [1.29, 1.82) is 0 Å². The Morgan fingerprint density at radius 2 is 1.36 bits per heavy atom. The van der Waals surface area contributed by atoms with Crippen molar-refractivity contribution in [3.63, 3.8) is 0 Å². The SMILES string of the molecule is COc1ccc(C(OCc2cc(=O)[nH]c(=O)n2[C@@H]2O[C@H](CNCc3nc4c(N)ncnc4n3[C@@H]3O[C@H](CO)[C@H]4OC(C)(C)O[C@H]43)[C@H]3OC(C)(C)O[C@H]32)(c2ccccc2)c2ccccc2)cc1. The number of fused-ring (bicyclic) bond motifs is 3. The zero-order valence-electron chi connectivity index (χ0n) is 37.0. The number of imidazole rings is 1. The molecule has 10 rings (SSSR count). The van der Waals surface area contributed by atoms with E-state index >= 15 is 0 Å². The molecule has 7 heterocycles. The summed E-state index contributed by atoms with van der Waals surface area (Å²) in [6.07, 6.45) is -4.34. The molecule has 3 aromatic carbocycles. The quantitative estimate of drug-likeness (QED) is 0.115. The molecule has 4 fully saturated rings. The van der Waals surface area contributed by atoms with Crippen molar-refractivity contribution in [2.75, 3.05) is 26.0 Å². The van der Waals surface area contributed by atoms with Crippen LogP contribution < -0.4 is 27.0 Å². The molecule has 5 N–H and O–H groups in total. The van der Waals surface area contributed by atoms with Gasteiger partial charge in [-0.3, -0.25) is 18.9 Å². The number of methoxy groups -OCH3 is 1. The number of ether oxygens (including phenoxy) is 8. The molecule has 0 radical (unpaired) electrons. The highest BCUT2D eigenvalue weighted by Crippen LogP contribution is 2.46. The van der Waals surface area contributed by atoms with Crippen molar-refractivity contribution in [2.45, 2.75) is 107 Å². The summed E-state index contributed by atoms with van der Waals surface area (Å²) in [5.41, 5.74) is 7.27. The second-order valence-electron chi connectivity index (χ2n) is 17.6. The Bertz CT molecular complexity index is 2780. The van der Waals surface area contributed by atoms with E-state index in [1.165, 1.54) is 17.0 Å². The van der Waals surface area contributed by atoms with Crippen molar-refractivity contribution < 1.29 is 43.0 Å². The van der Waals surface area contributed by atoms with E-state index in [1.54, 1.807) is 25.5 Å². The van der Waals surface area contributed by atoms with E-state index in [9.17, 15) is 14.7 Å². The van der Waals surface area contributed by atoms with E-state index in [0.717, 1.165) is 16.7 Å². The van der Waals surface area contributed by atoms with Crippen LogP contribution in [0.2, 0.25) is 0 Å². The van der Waals surface area contributed by atoms with Crippen molar-refractivity contribution >= 4 is 17.0 Å². The Balaban J connectivity index is 0.962. The number of nitrogens with one attached hydrogen (secondary N) is 2. The topological polar surface area (TPSA) is 231 Å². The number of anilines is 1. The molecule has 4 aliphatic heterocycles. The zero-order valence-corrected chi connectivity index (χ0v) is 37.0. The summed E-state index contributed by atoms with van der Waals surface area (Å²) in [4.78, 5) is 43.2. The minimum atomic E-state index is -1.21. The molecule has 0 unspecified atom stereocenters. The first-order valence-corrected chi connectivity index (χ1v) is 21.8. The van der Waals surface area contributed by atoms with Crippen LogP contribution in [0.25, 0.3) is 11.2 Å². The number of nitrogen functional groups attached to an aromatic ring is 1. The van der Waals surface area contributed by atoms with Gasteiger partial charge >= 0.3 is 5.69 Å². The standard InChI is InChI=1S/C47H52N8O11/c1-45(2)63-36-31(21-49-22-33-52-35-40(48)50-25-51-41(35)55(33)43-39-37(32(23-56)62-43)64-46(3,4)66-39)61-42(38(36)65-45)54-29(20-34(57)53-44(54)58)24-60-47(26-12-8-6-9-13-26,27-14-10-7-11-15-27)28-16-18-30(59-5)19-17-28/h6-20,25,31-32,36-39,42-43,49,56H,21-24H2,1-5H3,(H2,48,50,51)(H,53,57,58)/t31-,32-,36-,37-,38-,39-,42-,43-/m1/s1. The first-order chi connectivity index (χ1) is 31.8. The van der Waals surface area contributed by atoms with E-state index in [2.05, 4.69) is 20.3 Å². The van der Waals surface area contributed by atoms with E-state index in [1.807, 2.05) is 98.8 Å². The number of aliphatic hydroxyl groups excluding tert-OH is 1. The molecule has 3 aromatic heterocycles. The summed E-state index contributed by atoms with van der Waals surface area (Å²) in [5, 5.41) is 13.7. The highest BCUT2D eigenvalue weighted by Gasteiger charge is 2.58. The maximum absolute atomic E-state index is 14.1. The fourth-order valence-electron chi connectivity index (χ4n) is 9.78. The molecular weight excluding hydrogens is 853 g/mol. The number of rotatable bonds is 14. The fourth-order valence-corrected chi connectivity index (χ4v) is 9.78. The van der Waals surface area contributed by atoms with Crippen LogP contribution in [0.3, 0.4) is 0 Å². The molecule has 0 bridgehead atoms. The molecule has 0 saturated carbocycles. The fraction of sp³-hybridized carbons (Fsp3) is 0.426. The third kappa shape index (κ3) is 7.78. The van der Waals surface area contributed by atoms with E-state index in [0.29, 0.717) is 22.7 Å². The summed E-state index contributed by atoms with van der Waals surface area (Å²) in [6.45, 7) is 7.11. The molecule has 66 heavy (non-hydrogen) atoms. The Kier molecular flexibility index (Phi) is 11.4. The molecule has 0 aliphatic carbocycles. The van der Waals surface area contributed by atoms with Gasteiger partial charge in [-0.2, -0.15) is 0 Å². The Hall–Kier alpha value is -5.87. The van der Waals surface area contributed by atoms with Crippen LogP contribution in [-0.2, 0) is 51.9 Å². The Labute approximate surface area is 378 Å². The van der Waals surface area contributed by atoms with Gasteiger partial charge in [-0.1, -0.05) is 72.8 Å². The molecule has 0 amide bonds. The zero-order chi connectivity index (χ0) is 46.0. The molecule has 4 saturated heterocycles. The average Bonchev–Trinajstić information content (AvgIpc) is 4.09. The predicted molar refractivity (Wildman–Crippen MR) is 236 cm³/mol. The van der Waals surface area contributed by atoms with E-state index < -0.39 is 77.5 Å². The first-order valence-electron chi connectivity index (χ1n) is 21.8. The van der Waals surface area contributed by atoms with Crippen molar-refractivity contribution in [3.8, 4) is 5.75 Å². The van der Waals surface area contributed by atoms with E-state index in [4.69, 9.17) is 48.6 Å². The molecule has 8 atom stereocenters. The van der Waals surface area contributed by atoms with Gasteiger partial charge in [0.05, 0.1) is 32.6 Å². The first kappa shape index (κ1) is 44.0. The van der Waals surface area contributed by atoms with Gasteiger partial charge in [-0.25, -0.2) is 19.7 Å². The molecule has 6 aromatic rings. The van der Waals surface area contributed by atoms with E-state index in [-0.39, 0.29) is 37.8 Å². The van der Waals surface area contributed by atoms with Gasteiger partial charge < -0.3 is 54.1 Å². The van der Waals surface area contributed by atoms with Gasteiger partial charge in [0.2, 0.25) is 0 Å². The lowest BCUT2D eigenvalue weighted by molar-refractivity contribution is -0.200. The van der Waals surface area contributed by atoms with Crippen molar-refractivity contribution in [2.24, 2.45) is 0 Å². The number of benzene rings is 3. The highest BCUT2D eigenvalue weighted by molar-refractivity contribution is 5.82. The van der Waals surface area contributed by atoms with Crippen LogP contribution in [0.1, 0.15) is 68.4 Å². The normalized spacial score (nSPS) is 26.5. The number of H-pyrrole nitrogens is 1. The second-order valence-corrected chi connectivity index (χ2v) is 17.6. The molecule has 19 nitrogen and oxygen atoms in total. The summed E-state index contributed by atoms with van der Waals surface area (Å²) in [6, 6.07) is 28.5. The number of aliphatic hydroxyl groups is 1. The molecule has 4 aliphatic rings. The van der Waals surface area contributed by atoms with Crippen LogP contribution in [0.5, 0.6) is 5.75 Å². The minimum absolute atomic E-state index is 0.164. The third-order valence-electron chi connectivity index (χ3n) is 12.5. The smallest absolute Gasteiger partial charge is 0.330 e. The maximum Gasteiger partial charge on any atom is 0.330 e. The van der Waals surface area contributed by atoms with Crippen molar-refractivity contribution in [3.05, 3.63) is 146 Å². The van der Waals surface area contributed by atoms with Gasteiger partial charge in [0, 0.05) is 12.6 Å². The number of hydrogen-bond acceptors (Lipinski definition) is 16.